The van der Waals surface area contributed by atoms with Crippen molar-refractivity contribution in [1.29, 1.82) is 0 Å². The Bertz CT molecular complexity index is 1480. The molecule has 0 amide bonds. The topological polar surface area (TPSA) is 73.9 Å². The zero-order valence-corrected chi connectivity index (χ0v) is 23.6. The van der Waals surface area contributed by atoms with E-state index < -0.39 is 11.9 Å². The number of para-hydroxylation sites is 1. The van der Waals surface area contributed by atoms with Crippen LogP contribution in [0.2, 0.25) is 5.02 Å². The van der Waals surface area contributed by atoms with Crippen molar-refractivity contribution in [2.24, 2.45) is 0 Å². The molecule has 1 N–H and O–H groups in total. The summed E-state index contributed by atoms with van der Waals surface area (Å²) < 4.78 is 17.1. The number of allylic oxidation sites excluding steroid dienone is 3. The van der Waals surface area contributed by atoms with Crippen molar-refractivity contribution in [2.75, 3.05) is 20.8 Å². The molecule has 3 aromatic carbocycles. The Labute approximate surface area is 239 Å². The number of nitrogens with one attached hydrogen (secondary N) is 1. The molecule has 40 heavy (non-hydrogen) atoms. The standard InChI is InChI=1S/C33H32ClNO5/c1-20-29(33(37)40-17-16-21-8-5-4-6-9-21)30(25-10-7-11-28(38-2)32(25)39-3)31-26(35-20)18-23(19-27(31)36)22-12-14-24(34)15-13-22/h4-15,23,30,35H,16-19H2,1-3H3/t23-,30-/m0/s1. The summed E-state index contributed by atoms with van der Waals surface area (Å²) >= 11 is 6.11. The van der Waals surface area contributed by atoms with Crippen LogP contribution in [0.15, 0.2) is 95.3 Å². The number of methoxy groups -OCH3 is 2. The molecular formula is C33H32ClNO5. The van der Waals surface area contributed by atoms with Crippen LogP contribution in [0.3, 0.4) is 0 Å². The van der Waals surface area contributed by atoms with E-state index in [9.17, 15) is 9.59 Å². The molecule has 7 heteroatoms. The van der Waals surface area contributed by atoms with Gasteiger partial charge in [0.05, 0.1) is 32.3 Å². The molecule has 0 aromatic heterocycles. The number of rotatable bonds is 8. The van der Waals surface area contributed by atoms with Crippen molar-refractivity contribution in [1.82, 2.24) is 5.32 Å². The molecule has 0 fully saturated rings. The van der Waals surface area contributed by atoms with E-state index in [2.05, 4.69) is 5.32 Å². The predicted molar refractivity (Wildman–Crippen MR) is 155 cm³/mol. The van der Waals surface area contributed by atoms with Crippen LogP contribution in [0.25, 0.3) is 0 Å². The summed E-state index contributed by atoms with van der Waals surface area (Å²) in [7, 11) is 3.13. The lowest BCUT2D eigenvalue weighted by Gasteiger charge is -2.37. The molecule has 2 aliphatic rings. The van der Waals surface area contributed by atoms with Crippen molar-refractivity contribution in [3.63, 3.8) is 0 Å². The average Bonchev–Trinajstić information content (AvgIpc) is 2.96. The Hall–Kier alpha value is -4.03. The van der Waals surface area contributed by atoms with E-state index in [0.29, 0.717) is 58.2 Å². The molecule has 1 heterocycles. The number of hydrogen-bond donors (Lipinski definition) is 1. The van der Waals surface area contributed by atoms with E-state index in [0.717, 1.165) is 16.8 Å². The van der Waals surface area contributed by atoms with Gasteiger partial charge in [-0.25, -0.2) is 4.79 Å². The van der Waals surface area contributed by atoms with Crippen molar-refractivity contribution in [3.05, 3.63) is 117 Å². The minimum atomic E-state index is -0.663. The Morgan fingerprint density at radius 2 is 1.70 bits per heavy atom. The third-order valence-corrected chi connectivity index (χ3v) is 7.85. The zero-order chi connectivity index (χ0) is 28.2. The van der Waals surface area contributed by atoms with Gasteiger partial charge < -0.3 is 19.5 Å². The van der Waals surface area contributed by atoms with Crippen molar-refractivity contribution in [2.45, 2.75) is 38.0 Å². The van der Waals surface area contributed by atoms with E-state index >= 15 is 0 Å². The quantitative estimate of drug-likeness (QED) is 0.318. The molecule has 1 aliphatic carbocycles. The van der Waals surface area contributed by atoms with Gasteiger partial charge in [0.2, 0.25) is 0 Å². The predicted octanol–water partition coefficient (Wildman–Crippen LogP) is 6.50. The highest BCUT2D eigenvalue weighted by Crippen LogP contribution is 2.49. The van der Waals surface area contributed by atoms with Gasteiger partial charge in [-0.3, -0.25) is 4.79 Å². The molecule has 0 saturated heterocycles. The maximum Gasteiger partial charge on any atom is 0.336 e. The number of carbonyl (C=O) groups excluding carboxylic acids is 2. The number of halogens is 1. The Kier molecular flexibility index (Phi) is 8.27. The Morgan fingerprint density at radius 3 is 2.40 bits per heavy atom. The number of Topliss-reactive ketones (excluding diaryl/α,β-unsaturated/α-hetero) is 1. The number of benzene rings is 3. The third-order valence-electron chi connectivity index (χ3n) is 7.60. The normalized spacial score (nSPS) is 18.6. The lowest BCUT2D eigenvalue weighted by Crippen LogP contribution is -2.36. The first kappa shape index (κ1) is 27.5. The largest absolute Gasteiger partial charge is 0.493 e. The Morgan fingerprint density at radius 1 is 0.950 bits per heavy atom. The van der Waals surface area contributed by atoms with Gasteiger partial charge in [0.15, 0.2) is 17.3 Å². The van der Waals surface area contributed by atoms with Gasteiger partial charge in [0.1, 0.15) is 0 Å². The molecule has 1 aliphatic heterocycles. The minimum absolute atomic E-state index is 0.00366. The monoisotopic (exact) mass is 557 g/mol. The fraction of sp³-hybridized carbons (Fsp3) is 0.273. The highest BCUT2D eigenvalue weighted by Gasteiger charge is 2.42. The maximum absolute atomic E-state index is 13.9. The Balaban J connectivity index is 1.53. The summed E-state index contributed by atoms with van der Waals surface area (Å²) in [6.45, 7) is 2.08. The second-order valence-electron chi connectivity index (χ2n) is 10.0. The van der Waals surface area contributed by atoms with Crippen molar-refractivity contribution in [3.8, 4) is 11.5 Å². The van der Waals surface area contributed by atoms with Gasteiger partial charge in [-0.2, -0.15) is 0 Å². The summed E-state index contributed by atoms with van der Waals surface area (Å²) in [4.78, 5) is 27.6. The first-order valence-electron chi connectivity index (χ1n) is 13.3. The fourth-order valence-corrected chi connectivity index (χ4v) is 5.84. The average molecular weight is 558 g/mol. The molecule has 5 rings (SSSR count). The van der Waals surface area contributed by atoms with E-state index in [-0.39, 0.29) is 18.3 Å². The molecule has 0 unspecified atom stereocenters. The van der Waals surface area contributed by atoms with Crippen molar-refractivity contribution < 1.29 is 23.8 Å². The molecule has 2 atom stereocenters. The van der Waals surface area contributed by atoms with E-state index in [1.165, 1.54) is 0 Å². The summed E-state index contributed by atoms with van der Waals surface area (Å²) in [5.41, 5.74) is 5.24. The smallest absolute Gasteiger partial charge is 0.336 e. The van der Waals surface area contributed by atoms with Crippen LogP contribution in [0.4, 0.5) is 0 Å². The van der Waals surface area contributed by atoms with E-state index in [4.69, 9.17) is 25.8 Å². The summed E-state index contributed by atoms with van der Waals surface area (Å²) in [5, 5.41) is 4.06. The van der Waals surface area contributed by atoms with E-state index in [1.807, 2.05) is 73.7 Å². The molecule has 0 spiro atoms. The second kappa shape index (κ2) is 12.0. The molecule has 0 radical (unpaired) electrons. The summed E-state index contributed by atoms with van der Waals surface area (Å²) in [6.07, 6.45) is 1.54. The number of ether oxygens (including phenoxy) is 3. The highest BCUT2D eigenvalue weighted by molar-refractivity contribution is 6.30. The second-order valence-corrected chi connectivity index (χ2v) is 10.5. The molecule has 0 saturated carbocycles. The third kappa shape index (κ3) is 5.50. The van der Waals surface area contributed by atoms with Crippen LogP contribution in [-0.2, 0) is 20.7 Å². The van der Waals surface area contributed by atoms with Crippen LogP contribution in [0.5, 0.6) is 11.5 Å². The van der Waals surface area contributed by atoms with Crippen LogP contribution in [-0.4, -0.2) is 32.6 Å². The number of dihydropyridines is 1. The van der Waals surface area contributed by atoms with Gasteiger partial charge in [0.25, 0.3) is 0 Å². The van der Waals surface area contributed by atoms with Crippen LogP contribution >= 0.6 is 11.6 Å². The molecule has 3 aromatic rings. The number of hydrogen-bond acceptors (Lipinski definition) is 6. The molecule has 206 valence electrons. The lowest BCUT2D eigenvalue weighted by atomic mass is 9.71. The van der Waals surface area contributed by atoms with Gasteiger partial charge >= 0.3 is 5.97 Å². The number of carbonyl (C=O) groups is 2. The van der Waals surface area contributed by atoms with Crippen molar-refractivity contribution >= 4 is 23.4 Å². The molecule has 0 bridgehead atoms. The number of ketones is 1. The highest BCUT2D eigenvalue weighted by atomic mass is 35.5. The minimum Gasteiger partial charge on any atom is -0.493 e. The summed E-state index contributed by atoms with van der Waals surface area (Å²) in [5.74, 6) is -0.142. The maximum atomic E-state index is 13.9. The SMILES string of the molecule is COc1cccc([C@H]2C(C(=O)OCCc3ccccc3)=C(C)NC3=C2C(=O)C[C@@H](c2ccc(Cl)cc2)C3)c1OC. The zero-order valence-electron chi connectivity index (χ0n) is 22.8. The number of esters is 1. The molecular weight excluding hydrogens is 526 g/mol. The van der Waals surface area contributed by atoms with Crippen LogP contribution in [0, 0.1) is 0 Å². The fourth-order valence-electron chi connectivity index (χ4n) is 5.71. The van der Waals surface area contributed by atoms with Crippen LogP contribution in [0.1, 0.15) is 48.3 Å². The first-order valence-corrected chi connectivity index (χ1v) is 13.7. The van der Waals surface area contributed by atoms with Gasteiger partial charge in [-0.1, -0.05) is 66.2 Å². The van der Waals surface area contributed by atoms with E-state index in [1.54, 1.807) is 20.3 Å². The van der Waals surface area contributed by atoms with Gasteiger partial charge in [-0.05, 0) is 48.6 Å². The van der Waals surface area contributed by atoms with Gasteiger partial charge in [-0.15, -0.1) is 0 Å². The lowest BCUT2D eigenvalue weighted by molar-refractivity contribution is -0.139. The first-order chi connectivity index (χ1) is 19.4. The summed E-state index contributed by atoms with van der Waals surface area (Å²) in [6, 6.07) is 23.0. The van der Waals surface area contributed by atoms with Gasteiger partial charge in [0, 0.05) is 40.4 Å². The molecule has 6 nitrogen and oxygen atoms in total. The van der Waals surface area contributed by atoms with Crippen LogP contribution < -0.4 is 14.8 Å².